The number of nitrogens with one attached hydrogen (secondary N) is 1. The molecule has 1 N–H and O–H groups in total. The molecule has 0 amide bonds. The molecule has 0 spiro atoms. The fourth-order valence-corrected chi connectivity index (χ4v) is 2.64. The first-order chi connectivity index (χ1) is 14.3. The smallest absolute Gasteiger partial charge is 0.349 e. The molecule has 11 nitrogen and oxygen atoms in total. The maximum absolute atomic E-state index is 12.5. The highest BCUT2D eigenvalue weighted by Gasteiger charge is 2.22. The second-order valence-electron chi connectivity index (χ2n) is 6.10. The van der Waals surface area contributed by atoms with Crippen LogP contribution < -0.4 is 16.0 Å². The van der Waals surface area contributed by atoms with Crippen LogP contribution >= 0.6 is 0 Å². The van der Waals surface area contributed by atoms with Crippen molar-refractivity contribution in [2.45, 2.75) is 13.0 Å². The van der Waals surface area contributed by atoms with Crippen LogP contribution in [0.4, 0.5) is 5.69 Å². The SMILES string of the molecule is COC(=O)[C@H](C)Oc1ccc(C=Nn2c(=O)[nH]c3ccccc3c2=O)cc1[N+](=O)[O-]. The Kier molecular flexibility index (Phi) is 5.72. The molecule has 1 aromatic heterocycles. The van der Waals surface area contributed by atoms with Gasteiger partial charge in [-0.25, -0.2) is 9.59 Å². The molecule has 0 fully saturated rings. The van der Waals surface area contributed by atoms with Gasteiger partial charge in [-0.1, -0.05) is 12.1 Å². The monoisotopic (exact) mass is 412 g/mol. The minimum Gasteiger partial charge on any atom is -0.472 e. The summed E-state index contributed by atoms with van der Waals surface area (Å²) < 4.78 is 10.4. The summed E-state index contributed by atoms with van der Waals surface area (Å²) in [5.74, 6) is -0.833. The van der Waals surface area contributed by atoms with E-state index in [1.165, 1.54) is 26.2 Å². The summed E-state index contributed by atoms with van der Waals surface area (Å²) >= 11 is 0. The molecule has 30 heavy (non-hydrogen) atoms. The van der Waals surface area contributed by atoms with Gasteiger partial charge in [0.1, 0.15) is 0 Å². The highest BCUT2D eigenvalue weighted by atomic mass is 16.6. The number of nitro groups is 1. The van der Waals surface area contributed by atoms with Gasteiger partial charge in [-0.15, -0.1) is 4.68 Å². The molecule has 3 rings (SSSR count). The van der Waals surface area contributed by atoms with Gasteiger partial charge in [-0.3, -0.25) is 14.9 Å². The van der Waals surface area contributed by atoms with Gasteiger partial charge < -0.3 is 14.5 Å². The largest absolute Gasteiger partial charge is 0.472 e. The number of ether oxygens (including phenoxy) is 2. The zero-order valence-corrected chi connectivity index (χ0v) is 15.9. The number of aromatic nitrogens is 2. The Bertz CT molecular complexity index is 1280. The molecule has 0 aliphatic heterocycles. The maximum Gasteiger partial charge on any atom is 0.349 e. The average Bonchev–Trinajstić information content (AvgIpc) is 2.73. The Morgan fingerprint density at radius 1 is 1.27 bits per heavy atom. The Labute approximate surface area is 168 Å². The molecule has 0 aliphatic rings. The number of esters is 1. The van der Waals surface area contributed by atoms with E-state index in [9.17, 15) is 24.5 Å². The summed E-state index contributed by atoms with van der Waals surface area (Å²) in [7, 11) is 1.17. The Morgan fingerprint density at radius 2 is 2.00 bits per heavy atom. The third kappa shape index (κ3) is 4.09. The summed E-state index contributed by atoms with van der Waals surface area (Å²) in [6.45, 7) is 1.39. The van der Waals surface area contributed by atoms with Crippen molar-refractivity contribution in [1.29, 1.82) is 0 Å². The number of nitro benzene ring substituents is 1. The Morgan fingerprint density at radius 3 is 2.70 bits per heavy atom. The zero-order valence-electron chi connectivity index (χ0n) is 15.9. The molecule has 1 atom stereocenters. The van der Waals surface area contributed by atoms with Gasteiger partial charge in [-0.2, -0.15) is 5.10 Å². The molecule has 154 valence electrons. The summed E-state index contributed by atoms with van der Waals surface area (Å²) in [6, 6.07) is 10.3. The number of hydrogen-bond acceptors (Lipinski definition) is 8. The fraction of sp³-hybridized carbons (Fsp3) is 0.158. The first-order valence-corrected chi connectivity index (χ1v) is 8.63. The van der Waals surface area contributed by atoms with Crippen molar-refractivity contribution in [3.63, 3.8) is 0 Å². The molecule has 0 unspecified atom stereocenters. The average molecular weight is 412 g/mol. The number of para-hydroxylation sites is 1. The second-order valence-corrected chi connectivity index (χ2v) is 6.10. The molecule has 11 heteroatoms. The van der Waals surface area contributed by atoms with Gasteiger partial charge in [0, 0.05) is 11.6 Å². The molecule has 0 radical (unpaired) electrons. The van der Waals surface area contributed by atoms with Crippen molar-refractivity contribution in [3.8, 4) is 5.75 Å². The number of hydrogen-bond donors (Lipinski definition) is 1. The van der Waals surface area contributed by atoms with Gasteiger partial charge in [0.05, 0.1) is 29.2 Å². The van der Waals surface area contributed by atoms with Crippen LogP contribution in [0.1, 0.15) is 12.5 Å². The summed E-state index contributed by atoms with van der Waals surface area (Å²) in [6.07, 6.45) is 0.0781. The standard InChI is InChI=1S/C19H16N4O7/c1-11(18(25)29-2)30-16-8-7-12(9-15(16)23(27)28)10-20-22-17(24)13-5-3-4-6-14(13)21-19(22)26/h3-11H,1-2H3,(H,21,26)/t11-/m0/s1. The van der Waals surface area contributed by atoms with Crippen molar-refractivity contribution in [3.05, 3.63) is 79.0 Å². The van der Waals surface area contributed by atoms with Crippen LogP contribution in [0, 0.1) is 10.1 Å². The van der Waals surface area contributed by atoms with Crippen molar-refractivity contribution < 1.29 is 19.2 Å². The summed E-state index contributed by atoms with van der Waals surface area (Å²) in [5.41, 5.74) is -1.20. The zero-order chi connectivity index (χ0) is 21.8. The summed E-state index contributed by atoms with van der Waals surface area (Å²) in [4.78, 5) is 49.3. The third-order valence-corrected chi connectivity index (χ3v) is 4.12. The predicted molar refractivity (Wildman–Crippen MR) is 107 cm³/mol. The summed E-state index contributed by atoms with van der Waals surface area (Å²) in [5, 5.41) is 15.5. The van der Waals surface area contributed by atoms with Gasteiger partial charge in [0.15, 0.2) is 11.9 Å². The lowest BCUT2D eigenvalue weighted by Gasteiger charge is -2.12. The minimum atomic E-state index is -1.05. The molecular weight excluding hydrogens is 396 g/mol. The van der Waals surface area contributed by atoms with Crippen LogP contribution in [-0.4, -0.2) is 40.0 Å². The van der Waals surface area contributed by atoms with Crippen LogP contribution in [-0.2, 0) is 9.53 Å². The quantitative estimate of drug-likeness (QED) is 0.279. The van der Waals surface area contributed by atoms with E-state index < -0.39 is 33.9 Å². The fourth-order valence-electron chi connectivity index (χ4n) is 2.64. The van der Waals surface area contributed by atoms with Crippen molar-refractivity contribution in [2.75, 3.05) is 7.11 Å². The topological polar surface area (TPSA) is 146 Å². The van der Waals surface area contributed by atoms with Crippen LogP contribution in [0.15, 0.2) is 57.2 Å². The lowest BCUT2D eigenvalue weighted by Crippen LogP contribution is -2.32. The highest BCUT2D eigenvalue weighted by molar-refractivity contribution is 5.82. The van der Waals surface area contributed by atoms with Crippen LogP contribution in [0.2, 0.25) is 0 Å². The van der Waals surface area contributed by atoms with Crippen molar-refractivity contribution >= 4 is 28.8 Å². The lowest BCUT2D eigenvalue weighted by atomic mass is 10.2. The van der Waals surface area contributed by atoms with E-state index in [1.54, 1.807) is 24.3 Å². The molecular formula is C19H16N4O7. The number of fused-ring (bicyclic) bond motifs is 1. The van der Waals surface area contributed by atoms with Crippen molar-refractivity contribution in [2.24, 2.45) is 5.10 Å². The van der Waals surface area contributed by atoms with E-state index in [-0.39, 0.29) is 16.7 Å². The first kappa shape index (κ1) is 20.5. The van der Waals surface area contributed by atoms with Crippen LogP contribution in [0.25, 0.3) is 10.9 Å². The number of methoxy groups -OCH3 is 1. The predicted octanol–water partition coefficient (Wildman–Crippen LogP) is 1.42. The van der Waals surface area contributed by atoms with Gasteiger partial charge in [-0.05, 0) is 31.2 Å². The molecule has 0 aliphatic carbocycles. The number of rotatable bonds is 6. The highest BCUT2D eigenvalue weighted by Crippen LogP contribution is 2.28. The van der Waals surface area contributed by atoms with Crippen LogP contribution in [0.5, 0.6) is 5.75 Å². The van der Waals surface area contributed by atoms with E-state index in [0.29, 0.717) is 10.2 Å². The number of aromatic amines is 1. The maximum atomic E-state index is 12.5. The lowest BCUT2D eigenvalue weighted by molar-refractivity contribution is -0.386. The van der Waals surface area contributed by atoms with Gasteiger partial charge in [0.25, 0.3) is 5.56 Å². The minimum absolute atomic E-state index is 0.143. The van der Waals surface area contributed by atoms with E-state index in [2.05, 4.69) is 14.8 Å². The second kappa shape index (κ2) is 8.39. The Balaban J connectivity index is 1.97. The Hall–Kier alpha value is -4.28. The number of carbonyl (C=O) groups excluding carboxylic acids is 1. The molecule has 3 aromatic rings. The number of benzene rings is 2. The molecule has 0 saturated heterocycles. The van der Waals surface area contributed by atoms with Gasteiger partial charge in [0.2, 0.25) is 0 Å². The molecule has 0 saturated carbocycles. The van der Waals surface area contributed by atoms with E-state index in [4.69, 9.17) is 4.74 Å². The third-order valence-electron chi connectivity index (χ3n) is 4.12. The molecule has 2 aromatic carbocycles. The normalized spacial score (nSPS) is 12.1. The number of nitrogens with zero attached hydrogens (tertiary/aromatic N) is 3. The first-order valence-electron chi connectivity index (χ1n) is 8.63. The van der Waals surface area contributed by atoms with Crippen molar-refractivity contribution in [1.82, 2.24) is 9.66 Å². The van der Waals surface area contributed by atoms with E-state index in [0.717, 1.165) is 12.3 Å². The van der Waals surface area contributed by atoms with E-state index >= 15 is 0 Å². The number of carbonyl (C=O) groups is 1. The van der Waals surface area contributed by atoms with E-state index in [1.807, 2.05) is 0 Å². The molecule has 0 bridgehead atoms. The molecule has 1 heterocycles. The van der Waals surface area contributed by atoms with Crippen LogP contribution in [0.3, 0.4) is 0 Å². The van der Waals surface area contributed by atoms with Gasteiger partial charge >= 0.3 is 17.3 Å². The number of H-pyrrole nitrogens is 1.